The Bertz CT molecular complexity index is 1030. The summed E-state index contributed by atoms with van der Waals surface area (Å²) in [6.07, 6.45) is 4.30. The summed E-state index contributed by atoms with van der Waals surface area (Å²) in [6, 6.07) is 6.23. The van der Waals surface area contributed by atoms with Crippen LogP contribution in [0.3, 0.4) is 0 Å². The molecule has 3 amide bonds. The molecule has 1 saturated carbocycles. The van der Waals surface area contributed by atoms with E-state index in [1.54, 1.807) is 17.0 Å². The standard InChI is InChI=1S/C25H35N5O4S/c1-4-34-18-11-9-16(10-12-18)21(24(32)28-14-13-15(2)3)30(17-7-5-6-8-17)25(33)22-19(26)20(23(27)31)29-35-22/h9-12,15,17,21H,4-8,13-14,26H2,1-3H3,(H2,27,31)(H,28,32)/t21-/m0/s1. The van der Waals surface area contributed by atoms with Crippen molar-refractivity contribution in [3.8, 4) is 5.75 Å². The Morgan fingerprint density at radius 1 is 1.20 bits per heavy atom. The predicted octanol–water partition coefficient (Wildman–Crippen LogP) is 3.51. The van der Waals surface area contributed by atoms with Crippen LogP contribution < -0.4 is 21.5 Å². The summed E-state index contributed by atoms with van der Waals surface area (Å²) in [5, 5.41) is 3.02. The highest BCUT2D eigenvalue weighted by Gasteiger charge is 2.39. The lowest BCUT2D eigenvalue weighted by molar-refractivity contribution is -0.126. The molecule has 3 rings (SSSR count). The molecule has 0 unspecified atom stereocenters. The Morgan fingerprint density at radius 3 is 2.40 bits per heavy atom. The van der Waals surface area contributed by atoms with E-state index in [9.17, 15) is 14.4 Å². The van der Waals surface area contributed by atoms with Crippen LogP contribution in [0.5, 0.6) is 5.75 Å². The Labute approximate surface area is 210 Å². The van der Waals surface area contributed by atoms with Gasteiger partial charge in [0.25, 0.3) is 11.8 Å². The van der Waals surface area contributed by atoms with Crippen molar-refractivity contribution >= 4 is 34.9 Å². The molecule has 9 nitrogen and oxygen atoms in total. The molecule has 1 aromatic carbocycles. The molecule has 1 atom stereocenters. The number of rotatable bonds is 11. The average Bonchev–Trinajstić information content (AvgIpc) is 3.47. The van der Waals surface area contributed by atoms with E-state index in [1.165, 1.54) is 0 Å². The highest BCUT2D eigenvalue weighted by atomic mass is 32.1. The molecule has 190 valence electrons. The van der Waals surface area contributed by atoms with Gasteiger partial charge in [-0.1, -0.05) is 38.8 Å². The second-order valence-corrected chi connectivity index (χ2v) is 9.94. The number of carbonyl (C=O) groups is 3. The van der Waals surface area contributed by atoms with Crippen LogP contribution in [-0.4, -0.2) is 46.2 Å². The number of amides is 3. The smallest absolute Gasteiger partial charge is 0.270 e. The second kappa shape index (κ2) is 12.0. The van der Waals surface area contributed by atoms with Crippen LogP contribution >= 0.6 is 11.5 Å². The molecule has 5 N–H and O–H groups in total. The second-order valence-electron chi connectivity index (χ2n) is 9.17. The number of primary amides is 1. The zero-order chi connectivity index (χ0) is 25.5. The first-order valence-corrected chi connectivity index (χ1v) is 12.9. The molecule has 35 heavy (non-hydrogen) atoms. The number of nitrogens with zero attached hydrogens (tertiary/aromatic N) is 2. The quantitative estimate of drug-likeness (QED) is 0.430. The van der Waals surface area contributed by atoms with Crippen LogP contribution in [0.15, 0.2) is 24.3 Å². The lowest BCUT2D eigenvalue weighted by atomic mass is 10.00. The molecule has 1 heterocycles. The lowest BCUT2D eigenvalue weighted by Crippen LogP contribution is -2.48. The Morgan fingerprint density at radius 2 is 1.86 bits per heavy atom. The van der Waals surface area contributed by atoms with E-state index < -0.39 is 17.9 Å². The van der Waals surface area contributed by atoms with Gasteiger partial charge in [-0.05, 0) is 61.3 Å². The first-order chi connectivity index (χ1) is 16.7. The van der Waals surface area contributed by atoms with Crippen molar-refractivity contribution in [3.63, 3.8) is 0 Å². The maximum absolute atomic E-state index is 13.9. The Kier molecular flexibility index (Phi) is 9.08. The van der Waals surface area contributed by atoms with E-state index in [0.717, 1.165) is 43.6 Å². The Hall–Kier alpha value is -3.14. The van der Waals surface area contributed by atoms with Gasteiger partial charge in [0.05, 0.1) is 12.3 Å². The number of nitrogens with one attached hydrogen (secondary N) is 1. The topological polar surface area (TPSA) is 141 Å². The van der Waals surface area contributed by atoms with Gasteiger partial charge in [-0.2, -0.15) is 4.37 Å². The minimum absolute atomic E-state index is 0.0406. The van der Waals surface area contributed by atoms with Gasteiger partial charge in [-0.25, -0.2) is 0 Å². The van der Waals surface area contributed by atoms with Crippen molar-refractivity contribution < 1.29 is 19.1 Å². The fourth-order valence-corrected chi connectivity index (χ4v) is 5.10. The molecular formula is C25H35N5O4S. The van der Waals surface area contributed by atoms with Gasteiger partial charge in [0, 0.05) is 12.6 Å². The van der Waals surface area contributed by atoms with E-state index in [1.807, 2.05) is 19.1 Å². The third-order valence-electron chi connectivity index (χ3n) is 6.16. The van der Waals surface area contributed by atoms with Crippen LogP contribution in [0.2, 0.25) is 0 Å². The molecule has 0 radical (unpaired) electrons. The summed E-state index contributed by atoms with van der Waals surface area (Å²) in [5.74, 6) is -0.354. The number of hydrogen-bond donors (Lipinski definition) is 3. The summed E-state index contributed by atoms with van der Waals surface area (Å²) in [7, 11) is 0. The summed E-state index contributed by atoms with van der Waals surface area (Å²) in [6.45, 7) is 7.11. The zero-order valence-electron chi connectivity index (χ0n) is 20.6. The number of benzene rings is 1. The molecule has 0 bridgehead atoms. The highest BCUT2D eigenvalue weighted by Crippen LogP contribution is 2.36. The lowest BCUT2D eigenvalue weighted by Gasteiger charge is -2.36. The van der Waals surface area contributed by atoms with Gasteiger partial charge in [0.2, 0.25) is 5.91 Å². The number of anilines is 1. The molecule has 1 aliphatic rings. The molecule has 0 spiro atoms. The van der Waals surface area contributed by atoms with E-state index in [4.69, 9.17) is 16.2 Å². The van der Waals surface area contributed by atoms with Crippen molar-refractivity contribution in [1.82, 2.24) is 14.6 Å². The van der Waals surface area contributed by atoms with E-state index >= 15 is 0 Å². The van der Waals surface area contributed by atoms with Crippen LogP contribution in [-0.2, 0) is 4.79 Å². The largest absolute Gasteiger partial charge is 0.494 e. The first-order valence-electron chi connectivity index (χ1n) is 12.1. The van der Waals surface area contributed by atoms with E-state index in [2.05, 4.69) is 23.5 Å². The predicted molar refractivity (Wildman–Crippen MR) is 136 cm³/mol. The number of carbonyl (C=O) groups excluding carboxylic acids is 3. The minimum atomic E-state index is -0.869. The summed E-state index contributed by atoms with van der Waals surface area (Å²) < 4.78 is 9.56. The molecule has 1 aliphatic carbocycles. The molecule has 1 aromatic heterocycles. The van der Waals surface area contributed by atoms with Crippen LogP contribution in [0, 0.1) is 5.92 Å². The monoisotopic (exact) mass is 501 g/mol. The molecule has 0 aliphatic heterocycles. The van der Waals surface area contributed by atoms with Crippen molar-refractivity contribution in [3.05, 3.63) is 40.4 Å². The van der Waals surface area contributed by atoms with Crippen LogP contribution in [0.25, 0.3) is 0 Å². The normalized spacial score (nSPS) is 14.6. The van der Waals surface area contributed by atoms with E-state index in [0.29, 0.717) is 30.4 Å². The van der Waals surface area contributed by atoms with Gasteiger partial charge >= 0.3 is 0 Å². The summed E-state index contributed by atoms with van der Waals surface area (Å²) in [5.41, 5.74) is 12.0. The number of aromatic nitrogens is 1. The molecule has 2 aromatic rings. The zero-order valence-corrected chi connectivity index (χ0v) is 21.4. The maximum Gasteiger partial charge on any atom is 0.270 e. The van der Waals surface area contributed by atoms with Crippen molar-refractivity contribution in [1.29, 1.82) is 0 Å². The summed E-state index contributed by atoms with van der Waals surface area (Å²) >= 11 is 0.836. The fourth-order valence-electron chi connectivity index (χ4n) is 4.35. The van der Waals surface area contributed by atoms with Crippen LogP contribution in [0.4, 0.5) is 5.69 Å². The third-order valence-corrected chi connectivity index (χ3v) is 7.01. The van der Waals surface area contributed by atoms with Crippen LogP contribution in [0.1, 0.15) is 84.6 Å². The third kappa shape index (κ3) is 6.30. The van der Waals surface area contributed by atoms with Gasteiger partial charge in [-0.15, -0.1) is 0 Å². The van der Waals surface area contributed by atoms with Gasteiger partial charge in [-0.3, -0.25) is 14.4 Å². The molecule has 0 saturated heterocycles. The summed E-state index contributed by atoms with van der Waals surface area (Å²) in [4.78, 5) is 41.0. The number of hydrogen-bond acceptors (Lipinski definition) is 7. The molecular weight excluding hydrogens is 466 g/mol. The van der Waals surface area contributed by atoms with Gasteiger partial charge in [0.15, 0.2) is 5.69 Å². The van der Waals surface area contributed by atoms with Crippen molar-refractivity contribution in [2.45, 2.75) is 65.0 Å². The number of ether oxygens (including phenoxy) is 1. The first kappa shape index (κ1) is 26.5. The Balaban J connectivity index is 2.04. The average molecular weight is 502 g/mol. The fraction of sp³-hybridized carbons (Fsp3) is 0.520. The molecule has 1 fully saturated rings. The van der Waals surface area contributed by atoms with E-state index in [-0.39, 0.29) is 28.2 Å². The maximum atomic E-state index is 13.9. The minimum Gasteiger partial charge on any atom is -0.494 e. The SMILES string of the molecule is CCOc1ccc([C@@H](C(=O)NCCC(C)C)N(C(=O)c2snc(C(N)=O)c2N)C2CCCC2)cc1. The van der Waals surface area contributed by atoms with Crippen molar-refractivity contribution in [2.75, 3.05) is 18.9 Å². The molecule has 10 heteroatoms. The van der Waals surface area contributed by atoms with Gasteiger partial charge in [0.1, 0.15) is 16.7 Å². The number of nitrogen functional groups attached to an aromatic ring is 1. The van der Waals surface area contributed by atoms with Crippen molar-refractivity contribution in [2.24, 2.45) is 11.7 Å². The number of nitrogens with two attached hydrogens (primary N) is 2. The van der Waals surface area contributed by atoms with Gasteiger partial charge < -0.3 is 26.4 Å². The highest BCUT2D eigenvalue weighted by molar-refractivity contribution is 7.09.